The lowest BCUT2D eigenvalue weighted by molar-refractivity contribution is 0.119. The van der Waals surface area contributed by atoms with E-state index in [-0.39, 0.29) is 5.41 Å². The summed E-state index contributed by atoms with van der Waals surface area (Å²) in [4.78, 5) is 0. The van der Waals surface area contributed by atoms with Crippen molar-refractivity contribution in [3.63, 3.8) is 0 Å². The molecule has 0 aromatic rings. The van der Waals surface area contributed by atoms with E-state index in [1.54, 1.807) is 21.3 Å². The Balaban J connectivity index is 4.19. The normalized spacial score (nSPS) is 13.3. The third kappa shape index (κ3) is 4.31. The molecule has 0 heterocycles. The molecule has 0 atom stereocenters. The summed E-state index contributed by atoms with van der Waals surface area (Å²) in [6.45, 7) is 4.36. The minimum Gasteiger partial charge on any atom is -0.377 e. The highest BCUT2D eigenvalue weighted by Gasteiger charge is 2.38. The van der Waals surface area contributed by atoms with Crippen LogP contribution in [0.3, 0.4) is 0 Å². The zero-order valence-electron chi connectivity index (χ0n) is 9.79. The molecule has 5 heteroatoms. The van der Waals surface area contributed by atoms with Crippen LogP contribution in [0.4, 0.5) is 0 Å². The van der Waals surface area contributed by atoms with Gasteiger partial charge in [0, 0.05) is 27.4 Å². The summed E-state index contributed by atoms with van der Waals surface area (Å²) in [5, 5.41) is 0. The Bertz CT molecular complexity index is 152. The number of rotatable bonds is 7. The van der Waals surface area contributed by atoms with Crippen molar-refractivity contribution in [1.29, 1.82) is 0 Å². The van der Waals surface area contributed by atoms with E-state index in [1.165, 1.54) is 0 Å². The van der Waals surface area contributed by atoms with Gasteiger partial charge in [-0.3, -0.25) is 0 Å². The smallest absolute Gasteiger partial charge is 0.377 e. The van der Waals surface area contributed by atoms with E-state index in [0.29, 0.717) is 0 Å². The summed E-state index contributed by atoms with van der Waals surface area (Å²) in [5.41, 5.74) is 0.205. The first-order valence-corrected chi connectivity index (χ1v) is 7.28. The Labute approximate surface area is 93.9 Å². The number of hydrogen-bond donors (Lipinski definition) is 1. The fourth-order valence-corrected chi connectivity index (χ4v) is 3.38. The largest absolute Gasteiger partial charge is 0.500 e. The highest BCUT2D eigenvalue weighted by atomic mass is 32.1. The van der Waals surface area contributed by atoms with E-state index in [1.807, 2.05) is 0 Å². The number of thiol groups is 1. The molecule has 0 bridgehead atoms. The maximum absolute atomic E-state index is 5.35. The van der Waals surface area contributed by atoms with E-state index in [0.717, 1.165) is 18.2 Å². The van der Waals surface area contributed by atoms with Gasteiger partial charge in [0.25, 0.3) is 0 Å². The van der Waals surface area contributed by atoms with Gasteiger partial charge in [0.15, 0.2) is 0 Å². The SMILES string of the molecule is CO[Si](CCC(C)(C)CS)(OC)OC. The Kier molecular flexibility index (Phi) is 6.32. The molecule has 3 nitrogen and oxygen atoms in total. The molecule has 0 saturated carbocycles. The van der Waals surface area contributed by atoms with Crippen LogP contribution in [0, 0.1) is 5.41 Å². The molecule has 0 aliphatic carbocycles. The highest BCUT2D eigenvalue weighted by molar-refractivity contribution is 7.80. The fourth-order valence-electron chi connectivity index (χ4n) is 1.13. The first-order valence-electron chi connectivity index (χ1n) is 4.71. The fraction of sp³-hybridized carbons (Fsp3) is 1.00. The predicted octanol–water partition coefficient (Wildman–Crippen LogP) is 2.21. The van der Waals surface area contributed by atoms with Crippen molar-refractivity contribution in [2.45, 2.75) is 26.3 Å². The molecule has 0 saturated heterocycles. The topological polar surface area (TPSA) is 27.7 Å². The van der Waals surface area contributed by atoms with Gasteiger partial charge in [0.1, 0.15) is 0 Å². The predicted molar refractivity (Wildman–Crippen MR) is 63.8 cm³/mol. The lowest BCUT2D eigenvalue weighted by Gasteiger charge is -2.29. The quantitative estimate of drug-likeness (QED) is 0.544. The van der Waals surface area contributed by atoms with Gasteiger partial charge in [-0.2, -0.15) is 12.6 Å². The highest BCUT2D eigenvalue weighted by Crippen LogP contribution is 2.28. The monoisotopic (exact) mass is 238 g/mol. The summed E-state index contributed by atoms with van der Waals surface area (Å²) in [7, 11) is 2.56. The molecule has 0 spiro atoms. The average molecular weight is 238 g/mol. The van der Waals surface area contributed by atoms with Crippen molar-refractivity contribution >= 4 is 21.4 Å². The molecule has 0 aromatic carbocycles. The summed E-state index contributed by atoms with van der Waals surface area (Å²) in [6.07, 6.45) is 0.998. The molecular formula is C9H22O3SSi. The van der Waals surface area contributed by atoms with Gasteiger partial charge in [0.05, 0.1) is 0 Å². The summed E-state index contributed by atoms with van der Waals surface area (Å²) in [6, 6.07) is 0.837. The van der Waals surface area contributed by atoms with Crippen LogP contribution < -0.4 is 0 Å². The van der Waals surface area contributed by atoms with Crippen molar-refractivity contribution in [1.82, 2.24) is 0 Å². The van der Waals surface area contributed by atoms with Gasteiger partial charge >= 0.3 is 8.80 Å². The Morgan fingerprint density at radius 3 is 1.79 bits per heavy atom. The second-order valence-electron chi connectivity index (χ2n) is 4.12. The van der Waals surface area contributed by atoms with Crippen LogP contribution in [0.1, 0.15) is 20.3 Å². The van der Waals surface area contributed by atoms with Gasteiger partial charge in [-0.05, 0) is 17.6 Å². The molecule has 0 aliphatic heterocycles. The van der Waals surface area contributed by atoms with Gasteiger partial charge in [-0.15, -0.1) is 0 Å². The Morgan fingerprint density at radius 2 is 1.50 bits per heavy atom. The zero-order valence-corrected chi connectivity index (χ0v) is 11.7. The summed E-state index contributed by atoms with van der Waals surface area (Å²) in [5.74, 6) is 0.856. The van der Waals surface area contributed by atoms with Gasteiger partial charge in [-0.1, -0.05) is 13.8 Å². The molecule has 14 heavy (non-hydrogen) atoms. The zero-order chi connectivity index (χ0) is 11.2. The molecule has 86 valence electrons. The van der Waals surface area contributed by atoms with Crippen molar-refractivity contribution < 1.29 is 13.3 Å². The van der Waals surface area contributed by atoms with E-state index < -0.39 is 8.80 Å². The minimum atomic E-state index is -2.38. The van der Waals surface area contributed by atoms with Crippen LogP contribution >= 0.6 is 12.6 Å². The maximum Gasteiger partial charge on any atom is 0.500 e. The first kappa shape index (κ1) is 14.4. The average Bonchev–Trinajstić information content (AvgIpc) is 2.21. The van der Waals surface area contributed by atoms with Crippen LogP contribution in [0.2, 0.25) is 6.04 Å². The molecule has 0 N–H and O–H groups in total. The minimum absolute atomic E-state index is 0.205. The number of hydrogen-bond acceptors (Lipinski definition) is 4. The van der Waals surface area contributed by atoms with E-state index >= 15 is 0 Å². The molecular weight excluding hydrogens is 216 g/mol. The first-order chi connectivity index (χ1) is 6.45. The summed E-state index contributed by atoms with van der Waals surface area (Å²) < 4.78 is 16.0. The van der Waals surface area contributed by atoms with Crippen molar-refractivity contribution in [3.05, 3.63) is 0 Å². The second kappa shape index (κ2) is 6.12. The van der Waals surface area contributed by atoms with Crippen molar-refractivity contribution in [2.75, 3.05) is 27.1 Å². The Morgan fingerprint density at radius 1 is 1.07 bits per heavy atom. The standard InChI is InChI=1S/C9H22O3SSi/c1-9(2,8-13)6-7-14(10-3,11-4)12-5/h13H,6-8H2,1-5H3. The Hall–Kier alpha value is 0.447. The van der Waals surface area contributed by atoms with Crippen LogP contribution in [-0.4, -0.2) is 35.9 Å². The van der Waals surface area contributed by atoms with Crippen molar-refractivity contribution in [2.24, 2.45) is 5.41 Å². The van der Waals surface area contributed by atoms with Crippen LogP contribution in [0.5, 0.6) is 0 Å². The van der Waals surface area contributed by atoms with Crippen LogP contribution in [0.25, 0.3) is 0 Å². The van der Waals surface area contributed by atoms with E-state index in [9.17, 15) is 0 Å². The van der Waals surface area contributed by atoms with Gasteiger partial charge in [0.2, 0.25) is 0 Å². The molecule has 0 unspecified atom stereocenters. The van der Waals surface area contributed by atoms with E-state index in [4.69, 9.17) is 13.3 Å². The van der Waals surface area contributed by atoms with Crippen LogP contribution in [-0.2, 0) is 13.3 Å². The second-order valence-corrected chi connectivity index (χ2v) is 7.52. The maximum atomic E-state index is 5.35. The molecule has 0 amide bonds. The lowest BCUT2D eigenvalue weighted by atomic mass is 9.93. The third-order valence-corrected chi connectivity index (χ3v) is 6.05. The van der Waals surface area contributed by atoms with Crippen molar-refractivity contribution in [3.8, 4) is 0 Å². The molecule has 0 aromatic heterocycles. The van der Waals surface area contributed by atoms with Crippen LogP contribution in [0.15, 0.2) is 0 Å². The molecule has 0 fully saturated rings. The lowest BCUT2D eigenvalue weighted by Crippen LogP contribution is -2.43. The van der Waals surface area contributed by atoms with Gasteiger partial charge in [-0.25, -0.2) is 0 Å². The molecule has 0 aliphatic rings. The molecule has 0 rings (SSSR count). The molecule has 0 radical (unpaired) electrons. The van der Waals surface area contributed by atoms with Gasteiger partial charge < -0.3 is 13.3 Å². The summed E-state index contributed by atoms with van der Waals surface area (Å²) >= 11 is 4.31. The van der Waals surface area contributed by atoms with E-state index in [2.05, 4.69) is 26.5 Å². The third-order valence-electron chi connectivity index (χ3n) is 2.47.